The number of H-pyrrole nitrogens is 1. The largest absolute Gasteiger partial charge is 0.492 e. The van der Waals surface area contributed by atoms with E-state index >= 15 is 0 Å². The third-order valence-corrected chi connectivity index (χ3v) is 3.88. The van der Waals surface area contributed by atoms with Crippen molar-refractivity contribution in [3.8, 4) is 17.1 Å². The summed E-state index contributed by atoms with van der Waals surface area (Å²) >= 11 is 0. The highest BCUT2D eigenvalue weighted by Gasteiger charge is 2.27. The molecule has 0 aromatic carbocycles. The molecule has 0 saturated carbocycles. The zero-order chi connectivity index (χ0) is 19.5. The van der Waals surface area contributed by atoms with Crippen LogP contribution >= 0.6 is 0 Å². The van der Waals surface area contributed by atoms with Gasteiger partial charge in [-0.05, 0) is 51.3 Å². The molecule has 2 aromatic rings. The van der Waals surface area contributed by atoms with Crippen molar-refractivity contribution in [3.63, 3.8) is 0 Å². The van der Waals surface area contributed by atoms with Gasteiger partial charge in [-0.2, -0.15) is 5.10 Å². The van der Waals surface area contributed by atoms with Crippen LogP contribution in [0.25, 0.3) is 11.4 Å². The summed E-state index contributed by atoms with van der Waals surface area (Å²) in [6.45, 7) is 5.24. The van der Waals surface area contributed by atoms with Crippen molar-refractivity contribution >= 4 is 5.97 Å². The summed E-state index contributed by atoms with van der Waals surface area (Å²) in [5.41, 5.74) is 0.544. The van der Waals surface area contributed by atoms with Crippen molar-refractivity contribution in [1.29, 1.82) is 0 Å². The number of carboxylic acids is 1. The molecule has 27 heavy (non-hydrogen) atoms. The Hall–Kier alpha value is -2.45. The third kappa shape index (κ3) is 7.36. The summed E-state index contributed by atoms with van der Waals surface area (Å²) in [5, 5.41) is 15.7. The highest BCUT2D eigenvalue weighted by molar-refractivity contribution is 5.76. The van der Waals surface area contributed by atoms with Crippen LogP contribution in [0.3, 0.4) is 0 Å². The molecule has 8 nitrogen and oxygen atoms in total. The molecular formula is C19H27N3O5. The number of aromatic amines is 1. The Morgan fingerprint density at radius 2 is 1.89 bits per heavy atom. The predicted molar refractivity (Wildman–Crippen MR) is 99.7 cm³/mol. The molecule has 0 fully saturated rings. The van der Waals surface area contributed by atoms with Crippen LogP contribution in [0.15, 0.2) is 30.6 Å². The Balaban J connectivity index is 1.47. The number of aliphatic carboxylic acids is 1. The Labute approximate surface area is 158 Å². The highest BCUT2D eigenvalue weighted by Crippen LogP contribution is 2.17. The number of rotatable bonds is 13. The molecule has 0 amide bonds. The minimum atomic E-state index is -1.15. The molecule has 0 aliphatic heterocycles. The molecule has 0 bridgehead atoms. The predicted octanol–water partition coefficient (Wildman–Crippen LogP) is 2.92. The third-order valence-electron chi connectivity index (χ3n) is 3.88. The maximum absolute atomic E-state index is 10.9. The molecule has 0 aliphatic carbocycles. The number of unbranched alkanes of at least 4 members (excludes halogenated alkanes) is 1. The van der Waals surface area contributed by atoms with E-state index in [0.29, 0.717) is 32.8 Å². The van der Waals surface area contributed by atoms with E-state index in [9.17, 15) is 4.79 Å². The van der Waals surface area contributed by atoms with Gasteiger partial charge in [0.2, 0.25) is 0 Å². The Morgan fingerprint density at radius 3 is 2.56 bits per heavy atom. The second kappa shape index (κ2) is 10.6. The number of carbonyl (C=O) groups is 1. The fourth-order valence-corrected chi connectivity index (χ4v) is 2.17. The average molecular weight is 377 g/mol. The van der Waals surface area contributed by atoms with E-state index in [1.165, 1.54) is 13.8 Å². The van der Waals surface area contributed by atoms with E-state index in [1.807, 2.05) is 18.2 Å². The normalized spacial score (nSPS) is 11.5. The van der Waals surface area contributed by atoms with Gasteiger partial charge in [-0.15, -0.1) is 0 Å². The molecule has 8 heteroatoms. The smallest absolute Gasteiger partial charge is 0.335 e. The lowest BCUT2D eigenvalue weighted by atomic mass is 10.1. The number of pyridine rings is 1. The molecule has 2 heterocycles. The van der Waals surface area contributed by atoms with Gasteiger partial charge >= 0.3 is 5.97 Å². The molecule has 0 radical (unpaired) electrons. The van der Waals surface area contributed by atoms with E-state index in [4.69, 9.17) is 19.3 Å². The van der Waals surface area contributed by atoms with Crippen LogP contribution in [-0.4, -0.2) is 58.3 Å². The summed E-state index contributed by atoms with van der Waals surface area (Å²) in [7, 11) is 0. The number of carboxylic acid groups (broad SMARTS) is 1. The van der Waals surface area contributed by atoms with Crippen molar-refractivity contribution < 1.29 is 24.1 Å². The first kappa shape index (κ1) is 20.9. The van der Waals surface area contributed by atoms with Crippen molar-refractivity contribution in [2.45, 2.75) is 38.7 Å². The van der Waals surface area contributed by atoms with E-state index in [2.05, 4.69) is 15.2 Å². The molecule has 2 aromatic heterocycles. The molecule has 0 saturated heterocycles. The van der Waals surface area contributed by atoms with Crippen LogP contribution in [0.2, 0.25) is 0 Å². The zero-order valence-corrected chi connectivity index (χ0v) is 15.8. The molecule has 0 aliphatic rings. The second-order valence-electron chi connectivity index (χ2n) is 6.53. The lowest BCUT2D eigenvalue weighted by Gasteiger charge is -2.19. The first-order valence-electron chi connectivity index (χ1n) is 9.03. The molecule has 2 N–H and O–H groups in total. The maximum Gasteiger partial charge on any atom is 0.335 e. The number of nitrogens with one attached hydrogen (secondary N) is 1. The summed E-state index contributed by atoms with van der Waals surface area (Å²) in [6, 6.07) is 5.64. The van der Waals surface area contributed by atoms with E-state index in [-0.39, 0.29) is 0 Å². The Morgan fingerprint density at radius 1 is 1.11 bits per heavy atom. The number of ether oxygens (including phenoxy) is 3. The van der Waals surface area contributed by atoms with Gasteiger partial charge in [0.1, 0.15) is 5.75 Å². The minimum Gasteiger partial charge on any atom is -0.492 e. The molecule has 0 spiro atoms. The number of hydrogen-bond donors (Lipinski definition) is 2. The van der Waals surface area contributed by atoms with Gasteiger partial charge in [0.25, 0.3) is 0 Å². The number of hydrogen-bond acceptors (Lipinski definition) is 6. The van der Waals surface area contributed by atoms with Crippen molar-refractivity contribution in [1.82, 2.24) is 15.2 Å². The van der Waals surface area contributed by atoms with E-state index in [1.54, 1.807) is 12.4 Å². The van der Waals surface area contributed by atoms with Crippen molar-refractivity contribution in [3.05, 3.63) is 30.6 Å². The fraction of sp³-hybridized carbons (Fsp3) is 0.526. The molecule has 0 unspecified atom stereocenters. The van der Waals surface area contributed by atoms with Crippen LogP contribution in [0.4, 0.5) is 0 Å². The highest BCUT2D eigenvalue weighted by atomic mass is 16.5. The lowest BCUT2D eigenvalue weighted by Crippen LogP contribution is -2.35. The topological polar surface area (TPSA) is 107 Å². The van der Waals surface area contributed by atoms with Crippen LogP contribution in [0.1, 0.15) is 33.1 Å². The van der Waals surface area contributed by atoms with Crippen LogP contribution in [0, 0.1) is 0 Å². The second-order valence-corrected chi connectivity index (χ2v) is 6.53. The van der Waals surface area contributed by atoms with E-state index < -0.39 is 11.6 Å². The van der Waals surface area contributed by atoms with Crippen LogP contribution in [0.5, 0.6) is 5.75 Å². The SMILES string of the molecule is CC(C)(OCCCOCCCCOc1ccc(-c2ccn[nH]2)nc1)C(=O)O. The lowest BCUT2D eigenvalue weighted by molar-refractivity contribution is -0.161. The first-order valence-corrected chi connectivity index (χ1v) is 9.03. The van der Waals surface area contributed by atoms with Gasteiger partial charge in [-0.3, -0.25) is 10.1 Å². The van der Waals surface area contributed by atoms with E-state index in [0.717, 1.165) is 30.0 Å². The maximum atomic E-state index is 10.9. The Bertz CT molecular complexity index is 671. The summed E-state index contributed by atoms with van der Waals surface area (Å²) in [5.74, 6) is -0.230. The van der Waals surface area contributed by atoms with Gasteiger partial charge in [0.15, 0.2) is 5.60 Å². The van der Waals surface area contributed by atoms with Crippen molar-refractivity contribution in [2.75, 3.05) is 26.4 Å². The molecular weight excluding hydrogens is 350 g/mol. The number of aromatic nitrogens is 3. The van der Waals surface area contributed by atoms with Gasteiger partial charge in [-0.25, -0.2) is 4.79 Å². The van der Waals surface area contributed by atoms with Crippen LogP contribution < -0.4 is 4.74 Å². The fourth-order valence-electron chi connectivity index (χ4n) is 2.17. The average Bonchev–Trinajstić information content (AvgIpc) is 3.18. The van der Waals surface area contributed by atoms with Gasteiger partial charge in [0, 0.05) is 19.4 Å². The van der Waals surface area contributed by atoms with Crippen LogP contribution in [-0.2, 0) is 14.3 Å². The Kier molecular flexibility index (Phi) is 8.22. The first-order chi connectivity index (χ1) is 13.0. The van der Waals surface area contributed by atoms with Crippen molar-refractivity contribution in [2.24, 2.45) is 0 Å². The quantitative estimate of drug-likeness (QED) is 0.517. The summed E-state index contributed by atoms with van der Waals surface area (Å²) in [4.78, 5) is 15.2. The zero-order valence-electron chi connectivity index (χ0n) is 15.8. The standard InChI is InChI=1S/C19H27N3O5/c1-19(2,18(23)24)27-13-5-11-25-10-3-4-12-26-15-6-7-16(20-14-15)17-8-9-21-22-17/h6-9,14H,3-5,10-13H2,1-2H3,(H,21,22)(H,23,24). The molecule has 0 atom stereocenters. The van der Waals surface area contributed by atoms with Gasteiger partial charge in [-0.1, -0.05) is 0 Å². The monoisotopic (exact) mass is 377 g/mol. The summed E-state index contributed by atoms with van der Waals surface area (Å²) < 4.78 is 16.5. The minimum absolute atomic E-state index is 0.365. The molecule has 148 valence electrons. The van der Waals surface area contributed by atoms with Gasteiger partial charge in [0.05, 0.1) is 30.8 Å². The summed E-state index contributed by atoms with van der Waals surface area (Å²) in [6.07, 6.45) is 5.83. The number of nitrogens with zero attached hydrogens (tertiary/aromatic N) is 2. The van der Waals surface area contributed by atoms with Gasteiger partial charge < -0.3 is 19.3 Å². The molecule has 2 rings (SSSR count).